The summed E-state index contributed by atoms with van der Waals surface area (Å²) in [5.74, 6) is 0.792. The average Bonchev–Trinajstić information content (AvgIpc) is 2.25. The molecule has 0 saturated carbocycles. The minimum atomic E-state index is -0.679. The molecule has 1 rings (SSSR count). The van der Waals surface area contributed by atoms with Crippen LogP contribution in [0.25, 0.3) is 0 Å². The van der Waals surface area contributed by atoms with Crippen molar-refractivity contribution in [3.63, 3.8) is 0 Å². The third-order valence-electron chi connectivity index (χ3n) is 2.50. The molecule has 0 aliphatic heterocycles. The lowest BCUT2D eigenvalue weighted by atomic mass is 10.0. The molecule has 0 amide bonds. The van der Waals surface area contributed by atoms with Gasteiger partial charge in [0.15, 0.2) is 0 Å². The third kappa shape index (κ3) is 3.77. The zero-order valence-corrected chi connectivity index (χ0v) is 11.1. The Hall–Kier alpha value is -0.580. The first-order valence-corrected chi connectivity index (χ1v) is 6.02. The van der Waals surface area contributed by atoms with Crippen molar-refractivity contribution in [2.45, 2.75) is 32.0 Å². The highest BCUT2D eigenvalue weighted by Crippen LogP contribution is 2.26. The normalized spacial score (nSPS) is 14.6. The number of aliphatic hydroxyl groups excluding tert-OH is 2. The van der Waals surface area contributed by atoms with Crippen molar-refractivity contribution in [2.75, 3.05) is 7.11 Å². The van der Waals surface area contributed by atoms with Gasteiger partial charge in [0.1, 0.15) is 5.75 Å². The molecule has 16 heavy (non-hydrogen) atoms. The number of rotatable bonds is 5. The van der Waals surface area contributed by atoms with Crippen LogP contribution in [-0.4, -0.2) is 29.5 Å². The summed E-state index contributed by atoms with van der Waals surface area (Å²) in [6.45, 7) is 1.59. The van der Waals surface area contributed by atoms with Gasteiger partial charge in [0.2, 0.25) is 0 Å². The van der Waals surface area contributed by atoms with E-state index in [1.54, 1.807) is 14.0 Å². The molecule has 90 valence electrons. The van der Waals surface area contributed by atoms with Crippen molar-refractivity contribution >= 4 is 15.9 Å². The smallest absolute Gasteiger partial charge is 0.133 e. The zero-order chi connectivity index (χ0) is 12.1. The summed E-state index contributed by atoms with van der Waals surface area (Å²) in [6.07, 6.45) is -0.0620. The molecule has 3 nitrogen and oxygen atoms in total. The van der Waals surface area contributed by atoms with Crippen molar-refractivity contribution in [2.24, 2.45) is 0 Å². The van der Waals surface area contributed by atoms with Crippen LogP contribution in [0.4, 0.5) is 0 Å². The van der Waals surface area contributed by atoms with E-state index < -0.39 is 12.2 Å². The van der Waals surface area contributed by atoms with Crippen molar-refractivity contribution in [3.05, 3.63) is 28.2 Å². The van der Waals surface area contributed by atoms with Crippen LogP contribution >= 0.6 is 15.9 Å². The predicted octanol–water partition coefficient (Wildman–Crippen LogP) is 2.13. The maximum atomic E-state index is 9.47. The van der Waals surface area contributed by atoms with Crippen LogP contribution in [-0.2, 0) is 6.42 Å². The number of methoxy groups -OCH3 is 1. The van der Waals surface area contributed by atoms with Gasteiger partial charge in [-0.2, -0.15) is 0 Å². The van der Waals surface area contributed by atoms with Crippen molar-refractivity contribution in [1.82, 2.24) is 0 Å². The van der Waals surface area contributed by atoms with Gasteiger partial charge >= 0.3 is 0 Å². The lowest BCUT2D eigenvalue weighted by Crippen LogP contribution is -2.22. The summed E-state index contributed by atoms with van der Waals surface area (Å²) in [7, 11) is 1.62. The standard InChI is InChI=1S/C12H17BrO3/c1-8(14)11(15)5-3-9-4-6-12(16-2)10(13)7-9/h4,6-8,11,14-15H,3,5H2,1-2H3. The van der Waals surface area contributed by atoms with E-state index in [0.29, 0.717) is 6.42 Å². The Morgan fingerprint density at radius 2 is 2.06 bits per heavy atom. The van der Waals surface area contributed by atoms with E-state index in [9.17, 15) is 5.11 Å². The Kier molecular flexibility index (Phi) is 5.25. The Labute approximate surface area is 104 Å². The highest BCUT2D eigenvalue weighted by Gasteiger charge is 2.11. The first-order chi connectivity index (χ1) is 7.54. The topological polar surface area (TPSA) is 49.7 Å². The van der Waals surface area contributed by atoms with Crippen LogP contribution in [0.2, 0.25) is 0 Å². The highest BCUT2D eigenvalue weighted by atomic mass is 79.9. The molecule has 1 aromatic carbocycles. The fourth-order valence-electron chi connectivity index (χ4n) is 1.42. The predicted molar refractivity (Wildman–Crippen MR) is 66.7 cm³/mol. The SMILES string of the molecule is COc1ccc(CCC(O)C(C)O)cc1Br. The largest absolute Gasteiger partial charge is 0.496 e. The molecule has 0 saturated heterocycles. The summed E-state index contributed by atoms with van der Waals surface area (Å²) >= 11 is 3.41. The number of benzene rings is 1. The summed E-state index contributed by atoms with van der Waals surface area (Å²) in [6, 6.07) is 5.81. The number of aryl methyl sites for hydroxylation is 1. The van der Waals surface area contributed by atoms with Gasteiger partial charge in [0, 0.05) is 0 Å². The minimum Gasteiger partial charge on any atom is -0.496 e. The molecule has 0 aliphatic carbocycles. The maximum Gasteiger partial charge on any atom is 0.133 e. The molecule has 1 aromatic rings. The molecule has 0 aromatic heterocycles. The van der Waals surface area contributed by atoms with Gasteiger partial charge < -0.3 is 14.9 Å². The molecule has 0 fully saturated rings. The van der Waals surface area contributed by atoms with Crippen molar-refractivity contribution in [1.29, 1.82) is 0 Å². The van der Waals surface area contributed by atoms with Gasteiger partial charge in [-0.15, -0.1) is 0 Å². The molecular formula is C12H17BrO3. The van der Waals surface area contributed by atoms with Crippen LogP contribution in [0, 0.1) is 0 Å². The Morgan fingerprint density at radius 3 is 2.56 bits per heavy atom. The van der Waals surface area contributed by atoms with E-state index in [1.807, 2.05) is 18.2 Å². The van der Waals surface area contributed by atoms with E-state index >= 15 is 0 Å². The first kappa shape index (κ1) is 13.5. The molecule has 4 heteroatoms. The van der Waals surface area contributed by atoms with E-state index in [0.717, 1.165) is 22.2 Å². The molecular weight excluding hydrogens is 272 g/mol. The lowest BCUT2D eigenvalue weighted by molar-refractivity contribution is 0.0265. The average molecular weight is 289 g/mol. The van der Waals surface area contributed by atoms with E-state index in [1.165, 1.54) is 0 Å². The number of hydrogen-bond donors (Lipinski definition) is 2. The molecule has 0 bridgehead atoms. The fourth-order valence-corrected chi connectivity index (χ4v) is 2.01. The minimum absolute atomic E-state index is 0.552. The van der Waals surface area contributed by atoms with Crippen LogP contribution in [0.1, 0.15) is 18.9 Å². The summed E-state index contributed by atoms with van der Waals surface area (Å²) < 4.78 is 6.03. The second kappa shape index (κ2) is 6.23. The second-order valence-electron chi connectivity index (χ2n) is 3.82. The molecule has 0 radical (unpaired) electrons. The van der Waals surface area contributed by atoms with E-state index in [4.69, 9.17) is 9.84 Å². The van der Waals surface area contributed by atoms with Gasteiger partial charge in [-0.25, -0.2) is 0 Å². The molecule has 0 spiro atoms. The van der Waals surface area contributed by atoms with Crippen molar-refractivity contribution < 1.29 is 14.9 Å². The summed E-state index contributed by atoms with van der Waals surface area (Å²) in [5.41, 5.74) is 1.10. The lowest BCUT2D eigenvalue weighted by Gasteiger charge is -2.13. The van der Waals surface area contributed by atoms with Crippen LogP contribution < -0.4 is 4.74 Å². The monoisotopic (exact) mass is 288 g/mol. The van der Waals surface area contributed by atoms with Gasteiger partial charge in [-0.3, -0.25) is 0 Å². The van der Waals surface area contributed by atoms with Gasteiger partial charge in [-0.1, -0.05) is 6.07 Å². The second-order valence-corrected chi connectivity index (χ2v) is 4.67. The first-order valence-electron chi connectivity index (χ1n) is 5.23. The summed E-state index contributed by atoms with van der Waals surface area (Å²) in [5, 5.41) is 18.6. The van der Waals surface area contributed by atoms with Gasteiger partial charge in [0.05, 0.1) is 23.8 Å². The van der Waals surface area contributed by atoms with Crippen LogP contribution in [0.15, 0.2) is 22.7 Å². The maximum absolute atomic E-state index is 9.47. The van der Waals surface area contributed by atoms with Crippen LogP contribution in [0.5, 0.6) is 5.75 Å². The molecule has 2 unspecified atom stereocenters. The fraction of sp³-hybridized carbons (Fsp3) is 0.500. The van der Waals surface area contributed by atoms with Crippen molar-refractivity contribution in [3.8, 4) is 5.75 Å². The molecule has 2 atom stereocenters. The zero-order valence-electron chi connectivity index (χ0n) is 9.48. The van der Waals surface area contributed by atoms with Gasteiger partial charge in [0.25, 0.3) is 0 Å². The third-order valence-corrected chi connectivity index (χ3v) is 3.12. The summed E-state index contributed by atoms with van der Waals surface area (Å²) in [4.78, 5) is 0. The number of ether oxygens (including phenoxy) is 1. The Balaban J connectivity index is 2.58. The number of aliphatic hydroxyl groups is 2. The molecule has 2 N–H and O–H groups in total. The highest BCUT2D eigenvalue weighted by molar-refractivity contribution is 9.10. The number of hydrogen-bond acceptors (Lipinski definition) is 3. The van der Waals surface area contributed by atoms with E-state index in [2.05, 4.69) is 15.9 Å². The molecule has 0 heterocycles. The number of halogens is 1. The quantitative estimate of drug-likeness (QED) is 0.873. The van der Waals surface area contributed by atoms with Crippen LogP contribution in [0.3, 0.4) is 0 Å². The van der Waals surface area contributed by atoms with E-state index in [-0.39, 0.29) is 0 Å². The van der Waals surface area contributed by atoms with Gasteiger partial charge in [-0.05, 0) is 53.4 Å². The molecule has 0 aliphatic rings. The Morgan fingerprint density at radius 1 is 1.38 bits per heavy atom. The Bertz CT molecular complexity index is 339.